The van der Waals surface area contributed by atoms with Crippen molar-refractivity contribution in [3.8, 4) is 0 Å². The molecule has 1 N–H and O–H groups in total. The largest absolute Gasteiger partial charge is 0.358 e. The summed E-state index contributed by atoms with van der Waals surface area (Å²) >= 11 is 7.49. The van der Waals surface area contributed by atoms with Crippen LogP contribution in [0.1, 0.15) is 20.3 Å². The SMILES string of the molecule is CCCn1c(SC(C)C(=O)NC)nc2cc(Cl)ccc21. The van der Waals surface area contributed by atoms with E-state index in [9.17, 15) is 4.79 Å². The molecule has 1 unspecified atom stereocenters. The maximum atomic E-state index is 11.7. The van der Waals surface area contributed by atoms with E-state index >= 15 is 0 Å². The number of rotatable bonds is 5. The smallest absolute Gasteiger partial charge is 0.233 e. The Bertz CT molecular complexity index is 626. The van der Waals surface area contributed by atoms with Gasteiger partial charge in [-0.25, -0.2) is 4.98 Å². The molecule has 1 atom stereocenters. The number of carbonyl (C=O) groups excluding carboxylic acids is 1. The summed E-state index contributed by atoms with van der Waals surface area (Å²) in [6.45, 7) is 4.88. The van der Waals surface area contributed by atoms with Gasteiger partial charge in [0.25, 0.3) is 0 Å². The first-order valence-electron chi connectivity index (χ1n) is 6.60. The van der Waals surface area contributed by atoms with Gasteiger partial charge in [-0.2, -0.15) is 0 Å². The molecule has 0 spiro atoms. The lowest BCUT2D eigenvalue weighted by Crippen LogP contribution is -2.27. The molecule has 0 aliphatic carbocycles. The predicted octanol–water partition coefficient (Wildman–Crippen LogP) is 3.33. The second-order valence-corrected chi connectivity index (χ2v) is 6.30. The summed E-state index contributed by atoms with van der Waals surface area (Å²) in [5.74, 6) is 0.00290. The highest BCUT2D eigenvalue weighted by Crippen LogP contribution is 2.29. The molecule has 0 bridgehead atoms. The Hall–Kier alpha value is -1.20. The zero-order chi connectivity index (χ0) is 14.7. The first-order chi connectivity index (χ1) is 9.56. The lowest BCUT2D eigenvalue weighted by molar-refractivity contribution is -0.119. The van der Waals surface area contributed by atoms with Gasteiger partial charge < -0.3 is 9.88 Å². The van der Waals surface area contributed by atoms with Crippen LogP contribution >= 0.6 is 23.4 Å². The average molecular weight is 312 g/mol. The third kappa shape index (κ3) is 3.10. The number of carbonyl (C=O) groups is 1. The van der Waals surface area contributed by atoms with Gasteiger partial charge in [0, 0.05) is 18.6 Å². The van der Waals surface area contributed by atoms with Crippen molar-refractivity contribution < 1.29 is 4.79 Å². The molecule has 0 radical (unpaired) electrons. The second-order valence-electron chi connectivity index (χ2n) is 4.55. The average Bonchev–Trinajstić information content (AvgIpc) is 2.75. The highest BCUT2D eigenvalue weighted by Gasteiger charge is 2.18. The van der Waals surface area contributed by atoms with Crippen LogP contribution in [0.3, 0.4) is 0 Å². The predicted molar refractivity (Wildman–Crippen MR) is 84.4 cm³/mol. The quantitative estimate of drug-likeness (QED) is 0.862. The molecule has 20 heavy (non-hydrogen) atoms. The van der Waals surface area contributed by atoms with Crippen molar-refractivity contribution in [3.05, 3.63) is 23.2 Å². The zero-order valence-corrected chi connectivity index (χ0v) is 13.4. The monoisotopic (exact) mass is 311 g/mol. The Morgan fingerprint density at radius 3 is 2.95 bits per heavy atom. The van der Waals surface area contributed by atoms with E-state index in [2.05, 4.69) is 21.8 Å². The Labute approximate surface area is 127 Å². The van der Waals surface area contributed by atoms with Crippen LogP contribution in [-0.4, -0.2) is 27.8 Å². The third-order valence-electron chi connectivity index (χ3n) is 3.02. The fourth-order valence-electron chi connectivity index (χ4n) is 2.03. The van der Waals surface area contributed by atoms with Gasteiger partial charge >= 0.3 is 0 Å². The number of amides is 1. The third-order valence-corrected chi connectivity index (χ3v) is 4.35. The Morgan fingerprint density at radius 1 is 1.55 bits per heavy atom. The minimum atomic E-state index is -0.178. The highest BCUT2D eigenvalue weighted by atomic mass is 35.5. The van der Waals surface area contributed by atoms with Crippen LogP contribution in [0.5, 0.6) is 0 Å². The topological polar surface area (TPSA) is 46.9 Å². The molecular formula is C14H18ClN3OS. The highest BCUT2D eigenvalue weighted by molar-refractivity contribution is 8.00. The van der Waals surface area contributed by atoms with E-state index in [1.54, 1.807) is 7.05 Å². The number of nitrogens with one attached hydrogen (secondary N) is 1. The Morgan fingerprint density at radius 2 is 2.30 bits per heavy atom. The van der Waals surface area contributed by atoms with E-state index in [0.717, 1.165) is 29.2 Å². The number of hydrogen-bond donors (Lipinski definition) is 1. The molecule has 0 saturated heterocycles. The second kappa shape index (κ2) is 6.50. The summed E-state index contributed by atoms with van der Waals surface area (Å²) in [5.41, 5.74) is 1.93. The summed E-state index contributed by atoms with van der Waals surface area (Å²) < 4.78 is 2.15. The molecule has 0 saturated carbocycles. The first kappa shape index (κ1) is 15.2. The molecule has 1 aromatic heterocycles. The lowest BCUT2D eigenvalue weighted by Gasteiger charge is -2.11. The molecule has 6 heteroatoms. The summed E-state index contributed by atoms with van der Waals surface area (Å²) in [7, 11) is 1.65. The zero-order valence-electron chi connectivity index (χ0n) is 11.8. The van der Waals surface area contributed by atoms with E-state index in [1.807, 2.05) is 25.1 Å². The molecule has 1 amide bonds. The molecule has 0 fully saturated rings. The number of thioether (sulfide) groups is 1. The molecule has 0 aliphatic rings. The van der Waals surface area contributed by atoms with E-state index in [1.165, 1.54) is 11.8 Å². The summed E-state index contributed by atoms with van der Waals surface area (Å²) in [5, 5.41) is 4.02. The minimum absolute atomic E-state index is 0.00290. The van der Waals surface area contributed by atoms with Gasteiger partial charge in [0.15, 0.2) is 5.16 Å². The van der Waals surface area contributed by atoms with Crippen LogP contribution in [0.25, 0.3) is 11.0 Å². The van der Waals surface area contributed by atoms with Crippen LogP contribution in [0, 0.1) is 0 Å². The molecule has 1 heterocycles. The standard InChI is InChI=1S/C14H18ClN3OS/c1-4-7-18-12-6-5-10(15)8-11(12)17-14(18)20-9(2)13(19)16-3/h5-6,8-9H,4,7H2,1-3H3,(H,16,19). The number of halogens is 1. The molecule has 2 rings (SSSR count). The van der Waals surface area contributed by atoms with Crippen molar-refractivity contribution in [1.82, 2.24) is 14.9 Å². The number of aromatic nitrogens is 2. The lowest BCUT2D eigenvalue weighted by atomic mass is 10.3. The molecular weight excluding hydrogens is 294 g/mol. The fraction of sp³-hybridized carbons (Fsp3) is 0.429. The van der Waals surface area contributed by atoms with E-state index in [-0.39, 0.29) is 11.2 Å². The van der Waals surface area contributed by atoms with Gasteiger partial charge in [-0.3, -0.25) is 4.79 Å². The van der Waals surface area contributed by atoms with Crippen molar-refractivity contribution in [1.29, 1.82) is 0 Å². The van der Waals surface area contributed by atoms with Crippen molar-refractivity contribution in [2.45, 2.75) is 37.2 Å². The van der Waals surface area contributed by atoms with Crippen molar-refractivity contribution in [2.24, 2.45) is 0 Å². The summed E-state index contributed by atoms with van der Waals surface area (Å²) in [6, 6.07) is 5.71. The van der Waals surface area contributed by atoms with Crippen molar-refractivity contribution in [3.63, 3.8) is 0 Å². The number of imidazole rings is 1. The molecule has 0 aliphatic heterocycles. The maximum Gasteiger partial charge on any atom is 0.233 e. The van der Waals surface area contributed by atoms with Crippen LogP contribution in [-0.2, 0) is 11.3 Å². The fourth-order valence-corrected chi connectivity index (χ4v) is 3.20. The van der Waals surface area contributed by atoms with E-state index in [0.29, 0.717) is 5.02 Å². The Kier molecular flexibility index (Phi) is 4.94. The van der Waals surface area contributed by atoms with Gasteiger partial charge in [-0.1, -0.05) is 30.3 Å². The van der Waals surface area contributed by atoms with Gasteiger partial charge in [0.1, 0.15) is 0 Å². The first-order valence-corrected chi connectivity index (χ1v) is 7.86. The van der Waals surface area contributed by atoms with Crippen LogP contribution < -0.4 is 5.32 Å². The van der Waals surface area contributed by atoms with E-state index in [4.69, 9.17) is 11.6 Å². The summed E-state index contributed by atoms with van der Waals surface area (Å²) in [6.07, 6.45) is 1.01. The normalized spacial score (nSPS) is 12.6. The van der Waals surface area contributed by atoms with Gasteiger partial charge in [-0.15, -0.1) is 0 Å². The van der Waals surface area contributed by atoms with Crippen LogP contribution in [0.15, 0.2) is 23.4 Å². The summed E-state index contributed by atoms with van der Waals surface area (Å²) in [4.78, 5) is 16.3. The number of fused-ring (bicyclic) bond motifs is 1. The van der Waals surface area contributed by atoms with Crippen molar-refractivity contribution in [2.75, 3.05) is 7.05 Å². The van der Waals surface area contributed by atoms with Gasteiger partial charge in [0.05, 0.1) is 16.3 Å². The number of aryl methyl sites for hydroxylation is 1. The maximum absolute atomic E-state index is 11.7. The minimum Gasteiger partial charge on any atom is -0.358 e. The van der Waals surface area contributed by atoms with Crippen molar-refractivity contribution >= 4 is 40.3 Å². The van der Waals surface area contributed by atoms with Gasteiger partial charge in [0.2, 0.25) is 5.91 Å². The Balaban J connectivity index is 2.40. The van der Waals surface area contributed by atoms with Crippen LogP contribution in [0.4, 0.5) is 0 Å². The molecule has 4 nitrogen and oxygen atoms in total. The van der Waals surface area contributed by atoms with Gasteiger partial charge in [-0.05, 0) is 31.5 Å². The van der Waals surface area contributed by atoms with Crippen LogP contribution in [0.2, 0.25) is 5.02 Å². The molecule has 2 aromatic rings. The number of hydrogen-bond acceptors (Lipinski definition) is 3. The number of nitrogens with zero attached hydrogens (tertiary/aromatic N) is 2. The molecule has 1 aromatic carbocycles. The van der Waals surface area contributed by atoms with E-state index < -0.39 is 0 Å². The molecule has 108 valence electrons. The number of benzene rings is 1.